The number of nitro groups is 1. The van der Waals surface area contributed by atoms with Gasteiger partial charge in [0.2, 0.25) is 0 Å². The Morgan fingerprint density at radius 1 is 1.19 bits per heavy atom. The van der Waals surface area contributed by atoms with E-state index in [-0.39, 0.29) is 17.0 Å². The molecular formula is C19H18N4O4. The molecule has 0 spiro atoms. The first-order chi connectivity index (χ1) is 12.9. The van der Waals surface area contributed by atoms with E-state index in [2.05, 4.69) is 10.4 Å². The summed E-state index contributed by atoms with van der Waals surface area (Å²) in [4.78, 5) is 23.2. The molecule has 1 heterocycles. The summed E-state index contributed by atoms with van der Waals surface area (Å²) in [5.41, 5.74) is 2.93. The number of aryl methyl sites for hydroxylation is 2. The first-order valence-corrected chi connectivity index (χ1v) is 8.17. The highest BCUT2D eigenvalue weighted by Crippen LogP contribution is 2.28. The predicted molar refractivity (Wildman–Crippen MR) is 101 cm³/mol. The molecule has 0 fully saturated rings. The molecule has 27 heavy (non-hydrogen) atoms. The molecule has 0 aliphatic heterocycles. The van der Waals surface area contributed by atoms with Gasteiger partial charge in [0.05, 0.1) is 29.1 Å². The second-order valence-corrected chi connectivity index (χ2v) is 5.95. The number of nitro benzene ring substituents is 1. The van der Waals surface area contributed by atoms with Crippen LogP contribution in [0.25, 0.3) is 5.69 Å². The van der Waals surface area contributed by atoms with Gasteiger partial charge in [0, 0.05) is 17.3 Å². The van der Waals surface area contributed by atoms with Crippen molar-refractivity contribution in [2.24, 2.45) is 0 Å². The number of benzene rings is 2. The number of hydrogen-bond acceptors (Lipinski definition) is 5. The molecule has 1 aromatic heterocycles. The van der Waals surface area contributed by atoms with E-state index in [1.807, 2.05) is 32.0 Å². The zero-order valence-corrected chi connectivity index (χ0v) is 15.1. The summed E-state index contributed by atoms with van der Waals surface area (Å²) in [5, 5.41) is 18.4. The lowest BCUT2D eigenvalue weighted by atomic mass is 10.1. The zero-order chi connectivity index (χ0) is 19.6. The lowest BCUT2D eigenvalue weighted by Gasteiger charge is -2.12. The Labute approximate surface area is 155 Å². The maximum atomic E-state index is 12.7. The lowest BCUT2D eigenvalue weighted by molar-refractivity contribution is -0.385. The van der Waals surface area contributed by atoms with Gasteiger partial charge in [0.25, 0.3) is 5.91 Å². The number of amides is 1. The van der Waals surface area contributed by atoms with Gasteiger partial charge < -0.3 is 10.1 Å². The number of nitrogens with one attached hydrogen (secondary N) is 1. The van der Waals surface area contributed by atoms with Crippen LogP contribution >= 0.6 is 0 Å². The first-order valence-electron chi connectivity index (χ1n) is 8.17. The molecule has 0 radical (unpaired) electrons. The molecule has 1 amide bonds. The Kier molecular flexibility index (Phi) is 4.89. The molecule has 0 saturated carbocycles. The summed E-state index contributed by atoms with van der Waals surface area (Å²) in [7, 11) is 1.34. The fraction of sp³-hybridized carbons (Fsp3) is 0.158. The quantitative estimate of drug-likeness (QED) is 0.549. The molecule has 3 aromatic rings. The summed E-state index contributed by atoms with van der Waals surface area (Å²) in [6.07, 6.45) is 0. The summed E-state index contributed by atoms with van der Waals surface area (Å²) < 4.78 is 6.70. The number of carbonyl (C=O) groups excluding carboxylic acids is 1. The van der Waals surface area contributed by atoms with Crippen LogP contribution in [0.2, 0.25) is 0 Å². The zero-order valence-electron chi connectivity index (χ0n) is 15.1. The molecule has 138 valence electrons. The molecule has 1 N–H and O–H groups in total. The minimum absolute atomic E-state index is 0.0968. The average Bonchev–Trinajstić information content (AvgIpc) is 2.99. The fourth-order valence-corrected chi connectivity index (χ4v) is 2.81. The summed E-state index contributed by atoms with van der Waals surface area (Å²) in [6.45, 7) is 3.81. The van der Waals surface area contributed by atoms with Crippen molar-refractivity contribution in [3.05, 3.63) is 75.6 Å². The van der Waals surface area contributed by atoms with Crippen LogP contribution in [0, 0.1) is 24.0 Å². The third kappa shape index (κ3) is 3.64. The van der Waals surface area contributed by atoms with Crippen LogP contribution in [0.1, 0.15) is 21.7 Å². The van der Waals surface area contributed by atoms with Crippen LogP contribution in [0.3, 0.4) is 0 Å². The van der Waals surface area contributed by atoms with Crippen LogP contribution in [-0.4, -0.2) is 27.7 Å². The van der Waals surface area contributed by atoms with Gasteiger partial charge in [-0.3, -0.25) is 14.9 Å². The van der Waals surface area contributed by atoms with Gasteiger partial charge in [-0.2, -0.15) is 5.10 Å². The van der Waals surface area contributed by atoms with Crippen LogP contribution in [0.15, 0.2) is 48.5 Å². The first kappa shape index (κ1) is 18.1. The van der Waals surface area contributed by atoms with E-state index in [0.717, 1.165) is 11.4 Å². The third-order valence-corrected chi connectivity index (χ3v) is 4.03. The maximum Gasteiger partial charge on any atom is 0.311 e. The van der Waals surface area contributed by atoms with E-state index >= 15 is 0 Å². The molecule has 0 saturated heterocycles. The number of aromatic nitrogens is 2. The Morgan fingerprint density at radius 2 is 1.93 bits per heavy atom. The summed E-state index contributed by atoms with van der Waals surface area (Å²) in [6, 6.07) is 13.2. The number of hydrogen-bond donors (Lipinski definition) is 1. The van der Waals surface area contributed by atoms with Crippen molar-refractivity contribution in [3.8, 4) is 11.4 Å². The normalized spacial score (nSPS) is 10.5. The van der Waals surface area contributed by atoms with Gasteiger partial charge >= 0.3 is 5.69 Å². The van der Waals surface area contributed by atoms with Gasteiger partial charge in [-0.05, 0) is 44.2 Å². The van der Waals surface area contributed by atoms with Gasteiger partial charge in [-0.25, -0.2) is 4.68 Å². The largest absolute Gasteiger partial charge is 0.490 e. The molecule has 0 atom stereocenters. The number of rotatable bonds is 5. The van der Waals surface area contributed by atoms with Gasteiger partial charge in [-0.1, -0.05) is 12.1 Å². The van der Waals surface area contributed by atoms with E-state index in [4.69, 9.17) is 4.74 Å². The summed E-state index contributed by atoms with van der Waals surface area (Å²) in [5.74, 6) is -0.366. The van der Waals surface area contributed by atoms with E-state index in [9.17, 15) is 14.9 Å². The highest BCUT2D eigenvalue weighted by molar-refractivity contribution is 6.05. The van der Waals surface area contributed by atoms with Crippen molar-refractivity contribution < 1.29 is 14.5 Å². The molecule has 8 heteroatoms. The predicted octanol–water partition coefficient (Wildman–Crippen LogP) is 3.66. The van der Waals surface area contributed by atoms with Crippen molar-refractivity contribution >= 4 is 17.3 Å². The number of nitrogens with zero attached hydrogens (tertiary/aromatic N) is 3. The van der Waals surface area contributed by atoms with Crippen molar-refractivity contribution in [3.63, 3.8) is 0 Å². The van der Waals surface area contributed by atoms with E-state index in [1.165, 1.54) is 25.3 Å². The molecule has 0 unspecified atom stereocenters. The maximum absolute atomic E-state index is 12.7. The van der Waals surface area contributed by atoms with Crippen molar-refractivity contribution in [2.45, 2.75) is 13.8 Å². The average molecular weight is 366 g/mol. The minimum Gasteiger partial charge on any atom is -0.490 e. The number of ether oxygens (including phenoxy) is 1. The Morgan fingerprint density at radius 3 is 2.56 bits per heavy atom. The third-order valence-electron chi connectivity index (χ3n) is 4.03. The minimum atomic E-state index is -0.584. The highest BCUT2D eigenvalue weighted by atomic mass is 16.6. The molecular weight excluding hydrogens is 348 g/mol. The van der Waals surface area contributed by atoms with Gasteiger partial charge in [0.1, 0.15) is 0 Å². The Hall–Kier alpha value is -3.68. The summed E-state index contributed by atoms with van der Waals surface area (Å²) >= 11 is 0. The van der Waals surface area contributed by atoms with Gasteiger partial charge in [-0.15, -0.1) is 0 Å². The molecule has 2 aromatic carbocycles. The van der Waals surface area contributed by atoms with E-state index in [0.29, 0.717) is 11.4 Å². The van der Waals surface area contributed by atoms with Crippen LogP contribution in [0.5, 0.6) is 5.75 Å². The topological polar surface area (TPSA) is 99.3 Å². The smallest absolute Gasteiger partial charge is 0.311 e. The molecule has 0 aliphatic rings. The van der Waals surface area contributed by atoms with Crippen LogP contribution in [-0.2, 0) is 0 Å². The standard InChI is InChI=1S/C19H18N4O4/c1-12-10-13(2)22(21-12)16-7-5-4-6-15(16)20-19(24)14-8-9-18(27-3)17(11-14)23(25)26/h4-11H,1-3H3,(H,20,24). The number of methoxy groups -OCH3 is 1. The number of para-hydroxylation sites is 2. The SMILES string of the molecule is COc1ccc(C(=O)Nc2ccccc2-n2nc(C)cc2C)cc1[N+](=O)[O-]. The fourth-order valence-electron chi connectivity index (χ4n) is 2.81. The molecule has 3 rings (SSSR count). The number of carbonyl (C=O) groups is 1. The Bertz CT molecular complexity index is 1030. The van der Waals surface area contributed by atoms with Crippen molar-refractivity contribution in [1.82, 2.24) is 9.78 Å². The number of anilines is 1. The molecule has 0 bridgehead atoms. The second-order valence-electron chi connectivity index (χ2n) is 5.95. The highest BCUT2D eigenvalue weighted by Gasteiger charge is 2.19. The van der Waals surface area contributed by atoms with E-state index < -0.39 is 10.8 Å². The van der Waals surface area contributed by atoms with E-state index in [1.54, 1.807) is 16.8 Å². The van der Waals surface area contributed by atoms with Crippen LogP contribution in [0.4, 0.5) is 11.4 Å². The lowest BCUT2D eigenvalue weighted by Crippen LogP contribution is -2.15. The van der Waals surface area contributed by atoms with Crippen molar-refractivity contribution in [2.75, 3.05) is 12.4 Å². The Balaban J connectivity index is 1.95. The monoisotopic (exact) mass is 366 g/mol. The van der Waals surface area contributed by atoms with Gasteiger partial charge in [0.15, 0.2) is 5.75 Å². The molecule has 0 aliphatic carbocycles. The van der Waals surface area contributed by atoms with Crippen LogP contribution < -0.4 is 10.1 Å². The second kappa shape index (κ2) is 7.28. The van der Waals surface area contributed by atoms with Crippen molar-refractivity contribution in [1.29, 1.82) is 0 Å². The molecule has 8 nitrogen and oxygen atoms in total.